The second-order valence-corrected chi connectivity index (χ2v) is 5.85. The lowest BCUT2D eigenvalue weighted by Crippen LogP contribution is -2.60. The molecule has 20 heavy (non-hydrogen) atoms. The summed E-state index contributed by atoms with van der Waals surface area (Å²) in [4.78, 5) is 13.9. The third kappa shape index (κ3) is 2.51. The number of benzene rings is 1. The van der Waals surface area contributed by atoms with Crippen molar-refractivity contribution in [1.29, 1.82) is 0 Å². The van der Waals surface area contributed by atoms with E-state index in [4.69, 9.17) is 16.2 Å². The molecule has 1 aliphatic carbocycles. The second kappa shape index (κ2) is 5.07. The number of hydrogen-bond donors (Lipinski definition) is 2. The molecule has 3 rings (SSSR count). The molecular weight excluding hydrogens is 254 g/mol. The van der Waals surface area contributed by atoms with E-state index in [9.17, 15) is 4.79 Å². The van der Waals surface area contributed by atoms with Gasteiger partial charge in [0.15, 0.2) is 0 Å². The smallest absolute Gasteiger partial charge is 0.239 e. The monoisotopic (exact) mass is 275 g/mol. The van der Waals surface area contributed by atoms with Gasteiger partial charge >= 0.3 is 0 Å². The minimum Gasteiger partial charge on any atom is -0.492 e. The van der Waals surface area contributed by atoms with Gasteiger partial charge in [0.25, 0.3) is 0 Å². The van der Waals surface area contributed by atoms with Crippen LogP contribution in [0.15, 0.2) is 24.3 Å². The largest absolute Gasteiger partial charge is 0.492 e. The molecule has 0 spiro atoms. The summed E-state index contributed by atoms with van der Waals surface area (Å²) >= 11 is 0. The van der Waals surface area contributed by atoms with Crippen LogP contribution in [-0.2, 0) is 11.3 Å². The maximum atomic E-state index is 11.7. The predicted molar refractivity (Wildman–Crippen MR) is 76.1 cm³/mol. The molecule has 1 amide bonds. The fourth-order valence-electron chi connectivity index (χ4n) is 2.89. The van der Waals surface area contributed by atoms with E-state index in [2.05, 4.69) is 4.90 Å². The summed E-state index contributed by atoms with van der Waals surface area (Å²) in [5.41, 5.74) is 12.1. The molecule has 1 saturated carbocycles. The number of para-hydroxylation sites is 1. The highest BCUT2D eigenvalue weighted by Gasteiger charge is 2.47. The third-order valence-corrected chi connectivity index (χ3v) is 4.28. The van der Waals surface area contributed by atoms with E-state index in [0.29, 0.717) is 13.2 Å². The summed E-state index contributed by atoms with van der Waals surface area (Å²) in [6.45, 7) is 2.62. The molecule has 5 nitrogen and oxygen atoms in total. The fraction of sp³-hybridized carbons (Fsp3) is 0.533. The van der Waals surface area contributed by atoms with Gasteiger partial charge in [0.2, 0.25) is 5.91 Å². The molecule has 5 heteroatoms. The first-order valence-corrected chi connectivity index (χ1v) is 7.11. The van der Waals surface area contributed by atoms with Gasteiger partial charge in [-0.05, 0) is 24.8 Å². The number of fused-ring (bicyclic) bond motifs is 1. The van der Waals surface area contributed by atoms with Crippen LogP contribution in [0.3, 0.4) is 0 Å². The van der Waals surface area contributed by atoms with Crippen LogP contribution >= 0.6 is 0 Å². The zero-order valence-electron chi connectivity index (χ0n) is 11.5. The Morgan fingerprint density at radius 1 is 1.40 bits per heavy atom. The number of nitrogens with two attached hydrogens (primary N) is 2. The lowest BCUT2D eigenvalue weighted by molar-refractivity contribution is -0.124. The molecule has 0 radical (unpaired) electrons. The Hall–Kier alpha value is -1.59. The highest BCUT2D eigenvalue weighted by atomic mass is 16.5. The van der Waals surface area contributed by atoms with E-state index in [1.54, 1.807) is 0 Å². The molecule has 4 N–H and O–H groups in total. The maximum absolute atomic E-state index is 11.7. The standard InChI is InChI=1S/C15H21N3O2/c16-14(19)15(17,12-5-6-12)10-18-7-8-20-13-4-2-1-3-11(13)9-18/h1-4,12H,5-10,17H2,(H2,16,19). The predicted octanol–water partition coefficient (Wildman–Crippen LogP) is 0.474. The van der Waals surface area contributed by atoms with E-state index in [-0.39, 0.29) is 5.92 Å². The number of ether oxygens (including phenoxy) is 1. The Labute approximate surface area is 118 Å². The van der Waals surface area contributed by atoms with Crippen molar-refractivity contribution in [3.63, 3.8) is 0 Å². The fourth-order valence-corrected chi connectivity index (χ4v) is 2.89. The Bertz CT molecular complexity index is 516. The van der Waals surface area contributed by atoms with Gasteiger partial charge in [0.1, 0.15) is 17.9 Å². The molecule has 1 aliphatic heterocycles. The van der Waals surface area contributed by atoms with Gasteiger partial charge < -0.3 is 16.2 Å². The zero-order chi connectivity index (χ0) is 14.2. The molecule has 1 aromatic rings. The van der Waals surface area contributed by atoms with Crippen LogP contribution in [-0.4, -0.2) is 36.0 Å². The first-order chi connectivity index (χ1) is 9.59. The summed E-state index contributed by atoms with van der Waals surface area (Å²) in [5, 5.41) is 0. The molecule has 1 aromatic carbocycles. The Morgan fingerprint density at radius 2 is 2.15 bits per heavy atom. The van der Waals surface area contributed by atoms with Crippen LogP contribution in [0.2, 0.25) is 0 Å². The van der Waals surface area contributed by atoms with Crippen molar-refractivity contribution in [2.24, 2.45) is 17.4 Å². The molecule has 0 aromatic heterocycles. The van der Waals surface area contributed by atoms with E-state index >= 15 is 0 Å². The van der Waals surface area contributed by atoms with Gasteiger partial charge in [0, 0.05) is 25.2 Å². The number of rotatable bonds is 4. The summed E-state index contributed by atoms with van der Waals surface area (Å²) in [7, 11) is 0. The van der Waals surface area contributed by atoms with E-state index in [0.717, 1.165) is 37.2 Å². The van der Waals surface area contributed by atoms with Crippen molar-refractivity contribution < 1.29 is 9.53 Å². The summed E-state index contributed by atoms with van der Waals surface area (Å²) in [6, 6.07) is 7.99. The molecule has 1 atom stereocenters. The number of primary amides is 1. The van der Waals surface area contributed by atoms with Crippen LogP contribution < -0.4 is 16.2 Å². The van der Waals surface area contributed by atoms with Crippen molar-refractivity contribution in [1.82, 2.24) is 4.90 Å². The van der Waals surface area contributed by atoms with Crippen LogP contribution in [0.5, 0.6) is 5.75 Å². The quantitative estimate of drug-likeness (QED) is 0.837. The number of carbonyl (C=O) groups excluding carboxylic acids is 1. The topological polar surface area (TPSA) is 81.6 Å². The van der Waals surface area contributed by atoms with Gasteiger partial charge in [-0.2, -0.15) is 0 Å². The lowest BCUT2D eigenvalue weighted by Gasteiger charge is -2.32. The van der Waals surface area contributed by atoms with E-state index in [1.165, 1.54) is 0 Å². The molecule has 2 aliphatic rings. The van der Waals surface area contributed by atoms with Crippen molar-refractivity contribution in [2.75, 3.05) is 19.7 Å². The number of amides is 1. The Balaban J connectivity index is 1.76. The third-order valence-electron chi connectivity index (χ3n) is 4.28. The van der Waals surface area contributed by atoms with Crippen LogP contribution in [0.4, 0.5) is 0 Å². The number of nitrogens with zero attached hydrogens (tertiary/aromatic N) is 1. The molecule has 1 heterocycles. The summed E-state index contributed by atoms with van der Waals surface area (Å²) in [6.07, 6.45) is 2.00. The van der Waals surface area contributed by atoms with Crippen molar-refractivity contribution in [2.45, 2.75) is 24.9 Å². The minimum atomic E-state index is -0.903. The minimum absolute atomic E-state index is 0.236. The van der Waals surface area contributed by atoms with Crippen LogP contribution in [0.1, 0.15) is 18.4 Å². The first-order valence-electron chi connectivity index (χ1n) is 7.11. The SMILES string of the molecule is NC(=O)C(N)(CN1CCOc2ccccc2C1)C1CC1. The normalized spacial score (nSPS) is 22.2. The second-order valence-electron chi connectivity index (χ2n) is 5.85. The van der Waals surface area contributed by atoms with Gasteiger partial charge in [-0.3, -0.25) is 9.69 Å². The van der Waals surface area contributed by atoms with E-state index < -0.39 is 11.4 Å². The highest BCUT2D eigenvalue weighted by molar-refractivity contribution is 5.85. The number of hydrogen-bond acceptors (Lipinski definition) is 4. The molecular formula is C15H21N3O2. The Kier molecular flexibility index (Phi) is 3.40. The molecule has 1 fully saturated rings. The van der Waals surface area contributed by atoms with Gasteiger partial charge in [-0.25, -0.2) is 0 Å². The highest BCUT2D eigenvalue weighted by Crippen LogP contribution is 2.39. The molecule has 0 bridgehead atoms. The summed E-state index contributed by atoms with van der Waals surface area (Å²) in [5.74, 6) is 0.765. The van der Waals surface area contributed by atoms with Crippen LogP contribution in [0, 0.1) is 5.92 Å². The molecule has 1 unspecified atom stereocenters. The lowest BCUT2D eigenvalue weighted by atomic mass is 9.92. The Morgan fingerprint density at radius 3 is 2.85 bits per heavy atom. The average Bonchev–Trinajstić information content (AvgIpc) is 3.25. The summed E-state index contributed by atoms with van der Waals surface area (Å²) < 4.78 is 5.73. The van der Waals surface area contributed by atoms with Gasteiger partial charge in [-0.15, -0.1) is 0 Å². The number of carbonyl (C=O) groups is 1. The van der Waals surface area contributed by atoms with Gasteiger partial charge in [0.05, 0.1) is 0 Å². The average molecular weight is 275 g/mol. The van der Waals surface area contributed by atoms with E-state index in [1.807, 2.05) is 24.3 Å². The van der Waals surface area contributed by atoms with Crippen molar-refractivity contribution in [3.8, 4) is 5.75 Å². The maximum Gasteiger partial charge on any atom is 0.239 e. The zero-order valence-corrected chi connectivity index (χ0v) is 11.5. The van der Waals surface area contributed by atoms with Crippen LogP contribution in [0.25, 0.3) is 0 Å². The molecule has 0 saturated heterocycles. The molecule has 108 valence electrons. The first kappa shape index (κ1) is 13.4. The van der Waals surface area contributed by atoms with Gasteiger partial charge in [-0.1, -0.05) is 18.2 Å². The van der Waals surface area contributed by atoms with Crippen molar-refractivity contribution >= 4 is 5.91 Å². The van der Waals surface area contributed by atoms with Crippen molar-refractivity contribution in [3.05, 3.63) is 29.8 Å².